The molecule has 3 rings (SSSR count). The van der Waals surface area contributed by atoms with Crippen molar-refractivity contribution in [2.75, 3.05) is 18.9 Å². The van der Waals surface area contributed by atoms with Crippen LogP contribution in [0.2, 0.25) is 0 Å². The van der Waals surface area contributed by atoms with Crippen LogP contribution in [0.5, 0.6) is 0 Å². The summed E-state index contributed by atoms with van der Waals surface area (Å²) in [4.78, 5) is 0. The fourth-order valence-corrected chi connectivity index (χ4v) is 12.5. The lowest BCUT2D eigenvalue weighted by Gasteiger charge is -2.29. The maximum Gasteiger partial charge on any atom is 0.425 e. The largest absolute Gasteiger partial charge is 0.425 e. The van der Waals surface area contributed by atoms with E-state index in [-0.39, 0.29) is 12.7 Å². The van der Waals surface area contributed by atoms with Gasteiger partial charge in [-0.1, -0.05) is 24.0 Å². The van der Waals surface area contributed by atoms with E-state index in [0.29, 0.717) is 6.16 Å². The van der Waals surface area contributed by atoms with E-state index in [4.69, 9.17) is 20.9 Å². The standard InChI is InChI=1S/C8H9F4N3O2P4S/c9-19(10)13-20(11)15-21(12,14-19)17-7-18(22,6-16-20)5-8-3-1-2-4-8/h1-3H,5-7H2. The molecule has 0 radical (unpaired) electrons. The highest BCUT2D eigenvalue weighted by Gasteiger charge is 2.44. The molecule has 0 aromatic rings. The van der Waals surface area contributed by atoms with Gasteiger partial charge < -0.3 is 0 Å². The summed E-state index contributed by atoms with van der Waals surface area (Å²) in [6.45, 7) is 0. The fraction of sp³-hybridized carbons (Fsp3) is 0.375. The molecule has 5 nitrogen and oxygen atoms in total. The van der Waals surface area contributed by atoms with Crippen LogP contribution in [-0.2, 0) is 20.9 Å². The zero-order valence-electron chi connectivity index (χ0n) is 10.7. The van der Waals surface area contributed by atoms with Crippen molar-refractivity contribution in [3.8, 4) is 0 Å². The summed E-state index contributed by atoms with van der Waals surface area (Å²) >= 11 is 5.42. The predicted molar refractivity (Wildman–Crippen MR) is 84.3 cm³/mol. The highest BCUT2D eigenvalue weighted by Crippen LogP contribution is 2.83. The van der Waals surface area contributed by atoms with Gasteiger partial charge in [0.15, 0.2) is 0 Å². The molecule has 0 spiro atoms. The molecular formula is C8H9F4N3O2P4S. The number of hydrogen-bond acceptors (Lipinski definition) is 6. The van der Waals surface area contributed by atoms with Gasteiger partial charge in [0.05, 0.1) is 12.7 Å². The predicted octanol–water partition coefficient (Wildman–Crippen LogP) is 6.81. The molecular weight excluding hydrogens is 402 g/mol. The summed E-state index contributed by atoms with van der Waals surface area (Å²) in [5.74, 6) is 0. The third-order valence-corrected chi connectivity index (χ3v) is 12.4. The molecule has 2 bridgehead atoms. The number of rotatable bonds is 2. The van der Waals surface area contributed by atoms with Gasteiger partial charge in [-0.2, -0.15) is 8.39 Å². The van der Waals surface area contributed by atoms with Crippen LogP contribution in [0.4, 0.5) is 16.8 Å². The molecule has 2 heterocycles. The minimum Gasteiger partial charge on any atom is -0.298 e. The van der Waals surface area contributed by atoms with Gasteiger partial charge in [0.2, 0.25) is 0 Å². The normalized spacial score (nSPS) is 42.5. The molecule has 3 unspecified atom stereocenters. The van der Waals surface area contributed by atoms with E-state index in [2.05, 4.69) is 19.3 Å². The number of nitrogens with zero attached hydrogens (tertiary/aromatic N) is 3. The Hall–Kier alpha value is 0.240. The number of fused-ring (bicyclic) bond motifs is 1. The van der Waals surface area contributed by atoms with Gasteiger partial charge in [-0.05, 0) is 11.6 Å². The first-order chi connectivity index (χ1) is 10.1. The monoisotopic (exact) mass is 411 g/mol. The fourth-order valence-electron chi connectivity index (χ4n) is 1.82. The maximum atomic E-state index is 14.3. The molecule has 2 aliphatic heterocycles. The second-order valence-corrected chi connectivity index (χ2v) is 15.3. The van der Waals surface area contributed by atoms with Gasteiger partial charge in [-0.15, -0.1) is 27.7 Å². The molecule has 0 fully saturated rings. The van der Waals surface area contributed by atoms with Crippen LogP contribution in [0.15, 0.2) is 43.1 Å². The van der Waals surface area contributed by atoms with Gasteiger partial charge in [-0.3, -0.25) is 9.05 Å². The van der Waals surface area contributed by atoms with E-state index in [1.54, 1.807) is 18.2 Å². The van der Waals surface area contributed by atoms with Crippen molar-refractivity contribution in [2.24, 2.45) is 13.5 Å². The van der Waals surface area contributed by atoms with Crippen molar-refractivity contribution in [3.63, 3.8) is 0 Å². The molecule has 0 amide bonds. The van der Waals surface area contributed by atoms with Gasteiger partial charge in [0.1, 0.15) is 0 Å². The Morgan fingerprint density at radius 3 is 2.32 bits per heavy atom. The highest BCUT2D eigenvalue weighted by molar-refractivity contribution is 8.14. The first-order valence-corrected chi connectivity index (χ1v) is 13.6. The third-order valence-electron chi connectivity index (χ3n) is 2.69. The van der Waals surface area contributed by atoms with E-state index in [1.165, 1.54) is 0 Å². The van der Waals surface area contributed by atoms with Crippen LogP contribution in [0, 0.1) is 0 Å². The SMILES string of the molecule is FP1(F)=NP2(F)=NP(F)(=N1)OCP(=S)(CC1=C=CC=C1)CO2. The number of allylic oxidation sites excluding steroid dienone is 3. The van der Waals surface area contributed by atoms with Crippen molar-refractivity contribution in [1.29, 1.82) is 0 Å². The van der Waals surface area contributed by atoms with E-state index in [1.807, 2.05) is 0 Å². The smallest absolute Gasteiger partial charge is 0.298 e. The summed E-state index contributed by atoms with van der Waals surface area (Å²) in [5, 5.41) is 0. The first kappa shape index (κ1) is 17.1. The Morgan fingerprint density at radius 1 is 1.09 bits per heavy atom. The van der Waals surface area contributed by atoms with Crippen LogP contribution in [0.3, 0.4) is 0 Å². The molecule has 0 aromatic heterocycles. The van der Waals surface area contributed by atoms with Crippen molar-refractivity contribution >= 4 is 41.2 Å². The van der Waals surface area contributed by atoms with Crippen LogP contribution in [0.1, 0.15) is 0 Å². The first-order valence-electron chi connectivity index (χ1n) is 5.80. The van der Waals surface area contributed by atoms with E-state index < -0.39 is 29.3 Å². The van der Waals surface area contributed by atoms with Gasteiger partial charge in [0, 0.05) is 12.2 Å². The second-order valence-electron chi connectivity index (χ2n) is 4.60. The lowest BCUT2D eigenvalue weighted by atomic mass is 10.4. The summed E-state index contributed by atoms with van der Waals surface area (Å²) in [6, 6.07) is -2.53. The number of hydrogen-bond donors (Lipinski definition) is 0. The average molecular weight is 411 g/mol. The molecule has 1 aliphatic carbocycles. The van der Waals surface area contributed by atoms with Gasteiger partial charge >= 0.3 is 23.3 Å². The Kier molecular flexibility index (Phi) is 4.39. The maximum absolute atomic E-state index is 14.3. The minimum absolute atomic E-state index is 0.293. The van der Waals surface area contributed by atoms with Crippen molar-refractivity contribution in [2.45, 2.75) is 0 Å². The summed E-state index contributed by atoms with van der Waals surface area (Å²) in [7, 11) is -15.0. The molecule has 0 N–H and O–H groups in total. The topological polar surface area (TPSA) is 55.5 Å². The summed E-state index contributed by atoms with van der Waals surface area (Å²) in [6.07, 6.45) is 4.80. The summed E-state index contributed by atoms with van der Waals surface area (Å²) in [5.41, 5.74) is 3.68. The quantitative estimate of drug-likeness (QED) is 0.285. The molecule has 0 saturated carbocycles. The Balaban J connectivity index is 1.96. The molecule has 22 heavy (non-hydrogen) atoms. The lowest BCUT2D eigenvalue weighted by Crippen LogP contribution is -2.06. The molecule has 14 heteroatoms. The molecule has 3 aliphatic rings. The van der Waals surface area contributed by atoms with Crippen LogP contribution >= 0.6 is 29.3 Å². The van der Waals surface area contributed by atoms with E-state index in [9.17, 15) is 16.8 Å². The molecule has 3 atom stereocenters. The van der Waals surface area contributed by atoms with Crippen molar-refractivity contribution < 1.29 is 25.8 Å². The second kappa shape index (κ2) is 5.65. The Labute approximate surface area is 129 Å². The summed E-state index contributed by atoms with van der Waals surface area (Å²) < 4.78 is 73.2. The van der Waals surface area contributed by atoms with Crippen molar-refractivity contribution in [1.82, 2.24) is 0 Å². The van der Waals surface area contributed by atoms with Crippen LogP contribution in [-0.4, -0.2) is 18.9 Å². The van der Waals surface area contributed by atoms with Crippen LogP contribution < -0.4 is 0 Å². The molecule has 0 saturated heterocycles. The molecule has 0 aromatic carbocycles. The van der Waals surface area contributed by atoms with Gasteiger partial charge in [-0.25, -0.2) is 0 Å². The third kappa shape index (κ3) is 3.83. The zero-order valence-corrected chi connectivity index (χ0v) is 15.1. The zero-order chi connectivity index (χ0) is 16.1. The lowest BCUT2D eigenvalue weighted by molar-refractivity contribution is 0.358. The Bertz CT molecular complexity index is 823. The average Bonchev–Trinajstić information content (AvgIpc) is 2.84. The van der Waals surface area contributed by atoms with E-state index in [0.717, 1.165) is 5.57 Å². The van der Waals surface area contributed by atoms with Gasteiger partial charge in [0.25, 0.3) is 0 Å². The number of halogens is 4. The van der Waals surface area contributed by atoms with Crippen LogP contribution in [0.25, 0.3) is 0 Å². The van der Waals surface area contributed by atoms with Crippen molar-refractivity contribution in [3.05, 3.63) is 29.5 Å². The minimum atomic E-state index is -5.46. The van der Waals surface area contributed by atoms with E-state index >= 15 is 0 Å². The molecule has 122 valence electrons. The Morgan fingerprint density at radius 2 is 1.73 bits per heavy atom. The highest BCUT2D eigenvalue weighted by atomic mass is 32.4.